The third-order valence-electron chi connectivity index (χ3n) is 2.00. The molecular formula is C11H9Cl2NS. The normalized spacial score (nSPS) is 10.5. The van der Waals surface area contributed by atoms with Gasteiger partial charge in [0.05, 0.1) is 10.7 Å². The average Bonchev–Trinajstić information content (AvgIpc) is 2.68. The third kappa shape index (κ3) is 2.71. The van der Waals surface area contributed by atoms with Crippen LogP contribution in [0.15, 0.2) is 29.6 Å². The van der Waals surface area contributed by atoms with Gasteiger partial charge >= 0.3 is 0 Å². The van der Waals surface area contributed by atoms with Gasteiger partial charge < -0.3 is 0 Å². The topological polar surface area (TPSA) is 12.9 Å². The zero-order chi connectivity index (χ0) is 10.7. The number of hydrogen-bond donors (Lipinski definition) is 0. The molecule has 78 valence electrons. The molecule has 0 radical (unpaired) electrons. The smallest absolute Gasteiger partial charge is 0.0944 e. The van der Waals surface area contributed by atoms with Gasteiger partial charge in [-0.15, -0.1) is 22.9 Å². The summed E-state index contributed by atoms with van der Waals surface area (Å²) in [5.41, 5.74) is 2.09. The first-order chi connectivity index (χ1) is 7.29. The molecule has 0 saturated heterocycles. The summed E-state index contributed by atoms with van der Waals surface area (Å²) in [4.78, 5) is 4.49. The number of nitrogens with zero attached hydrogens (tertiary/aromatic N) is 1. The molecule has 2 aromatic rings. The van der Waals surface area contributed by atoms with E-state index < -0.39 is 0 Å². The Kier molecular flexibility index (Phi) is 3.62. The van der Waals surface area contributed by atoms with Gasteiger partial charge in [-0.2, -0.15) is 0 Å². The highest BCUT2D eigenvalue weighted by atomic mass is 35.5. The number of alkyl halides is 1. The van der Waals surface area contributed by atoms with Gasteiger partial charge in [0.25, 0.3) is 0 Å². The van der Waals surface area contributed by atoms with Gasteiger partial charge in [-0.1, -0.05) is 23.7 Å². The maximum atomic E-state index is 5.82. The Labute approximate surface area is 103 Å². The fourth-order valence-corrected chi connectivity index (χ4v) is 2.48. The summed E-state index contributed by atoms with van der Waals surface area (Å²) in [5, 5.41) is 3.87. The van der Waals surface area contributed by atoms with Crippen LogP contribution in [-0.4, -0.2) is 10.9 Å². The number of halogens is 2. The molecule has 0 N–H and O–H groups in total. The minimum Gasteiger partial charge on any atom is -0.241 e. The minimum absolute atomic E-state index is 0.619. The van der Waals surface area contributed by atoms with Crippen LogP contribution in [0, 0.1) is 0 Å². The predicted molar refractivity (Wildman–Crippen MR) is 67.0 cm³/mol. The molecule has 2 rings (SSSR count). The quantitative estimate of drug-likeness (QED) is 0.750. The summed E-state index contributed by atoms with van der Waals surface area (Å²) in [6.45, 7) is 0. The van der Waals surface area contributed by atoms with Crippen molar-refractivity contribution in [3.63, 3.8) is 0 Å². The molecule has 1 nitrogen and oxygen atoms in total. The maximum absolute atomic E-state index is 5.82. The lowest BCUT2D eigenvalue weighted by atomic mass is 10.2. The van der Waals surface area contributed by atoms with Crippen molar-refractivity contribution in [2.24, 2.45) is 0 Å². The molecule has 1 aromatic heterocycles. The average molecular weight is 258 g/mol. The van der Waals surface area contributed by atoms with Crippen LogP contribution in [0.2, 0.25) is 5.02 Å². The summed E-state index contributed by atoms with van der Waals surface area (Å²) in [6, 6.07) is 7.69. The summed E-state index contributed by atoms with van der Waals surface area (Å²) < 4.78 is 0. The van der Waals surface area contributed by atoms with Crippen molar-refractivity contribution in [3.8, 4) is 11.3 Å². The lowest BCUT2D eigenvalue weighted by Crippen LogP contribution is -1.84. The van der Waals surface area contributed by atoms with E-state index in [1.807, 2.05) is 29.6 Å². The van der Waals surface area contributed by atoms with Crippen LogP contribution in [0.3, 0.4) is 0 Å². The van der Waals surface area contributed by atoms with E-state index in [2.05, 4.69) is 4.98 Å². The van der Waals surface area contributed by atoms with Gasteiger partial charge in [0.1, 0.15) is 0 Å². The van der Waals surface area contributed by atoms with Gasteiger partial charge in [-0.3, -0.25) is 0 Å². The Bertz CT molecular complexity index is 436. The fraction of sp³-hybridized carbons (Fsp3) is 0.182. The van der Waals surface area contributed by atoms with Gasteiger partial charge in [-0.05, 0) is 12.1 Å². The van der Waals surface area contributed by atoms with E-state index in [-0.39, 0.29) is 0 Å². The van der Waals surface area contributed by atoms with E-state index in [0.717, 1.165) is 27.7 Å². The van der Waals surface area contributed by atoms with E-state index in [1.54, 1.807) is 11.3 Å². The molecule has 0 atom stereocenters. The van der Waals surface area contributed by atoms with Gasteiger partial charge in [0, 0.05) is 28.3 Å². The SMILES string of the molecule is ClCCc1nc(-c2ccc(Cl)cc2)cs1. The van der Waals surface area contributed by atoms with E-state index in [1.165, 1.54) is 0 Å². The second-order valence-corrected chi connectivity index (χ2v) is 4.83. The summed E-state index contributed by atoms with van der Waals surface area (Å²) in [6.07, 6.45) is 0.833. The molecule has 0 aliphatic rings. The number of rotatable bonds is 3. The highest BCUT2D eigenvalue weighted by molar-refractivity contribution is 7.10. The van der Waals surface area contributed by atoms with Crippen molar-refractivity contribution in [1.29, 1.82) is 0 Å². The Balaban J connectivity index is 2.25. The molecule has 1 aromatic carbocycles. The fourth-order valence-electron chi connectivity index (χ4n) is 1.26. The molecule has 0 aliphatic carbocycles. The van der Waals surface area contributed by atoms with Crippen LogP contribution in [0.25, 0.3) is 11.3 Å². The molecule has 0 fully saturated rings. The summed E-state index contributed by atoms with van der Waals surface area (Å²) >= 11 is 13.1. The molecule has 4 heteroatoms. The zero-order valence-corrected chi connectivity index (χ0v) is 10.2. The molecular weight excluding hydrogens is 249 g/mol. The summed E-state index contributed by atoms with van der Waals surface area (Å²) in [5.74, 6) is 0.619. The van der Waals surface area contributed by atoms with Crippen molar-refractivity contribution < 1.29 is 0 Å². The monoisotopic (exact) mass is 257 g/mol. The second kappa shape index (κ2) is 4.97. The number of benzene rings is 1. The lowest BCUT2D eigenvalue weighted by molar-refractivity contribution is 1.10. The van der Waals surface area contributed by atoms with Crippen molar-refractivity contribution in [2.45, 2.75) is 6.42 Å². The Morgan fingerprint density at radius 1 is 1.20 bits per heavy atom. The van der Waals surface area contributed by atoms with Crippen molar-refractivity contribution in [1.82, 2.24) is 4.98 Å². The third-order valence-corrected chi connectivity index (χ3v) is 3.35. The van der Waals surface area contributed by atoms with Gasteiger partial charge in [-0.25, -0.2) is 4.98 Å². The van der Waals surface area contributed by atoms with Gasteiger partial charge in [0.15, 0.2) is 0 Å². The van der Waals surface area contributed by atoms with E-state index >= 15 is 0 Å². The molecule has 0 amide bonds. The van der Waals surface area contributed by atoms with Gasteiger partial charge in [0.2, 0.25) is 0 Å². The molecule has 0 spiro atoms. The highest BCUT2D eigenvalue weighted by Gasteiger charge is 2.03. The summed E-state index contributed by atoms with van der Waals surface area (Å²) in [7, 11) is 0. The van der Waals surface area contributed by atoms with Crippen LogP contribution < -0.4 is 0 Å². The van der Waals surface area contributed by atoms with E-state index in [4.69, 9.17) is 23.2 Å². The van der Waals surface area contributed by atoms with E-state index in [9.17, 15) is 0 Å². The molecule has 0 bridgehead atoms. The maximum Gasteiger partial charge on any atom is 0.0944 e. The van der Waals surface area contributed by atoms with Crippen molar-refractivity contribution >= 4 is 34.5 Å². The van der Waals surface area contributed by atoms with Crippen molar-refractivity contribution in [3.05, 3.63) is 39.7 Å². The van der Waals surface area contributed by atoms with Crippen LogP contribution in [0.1, 0.15) is 5.01 Å². The Morgan fingerprint density at radius 3 is 2.60 bits per heavy atom. The Morgan fingerprint density at radius 2 is 1.93 bits per heavy atom. The lowest BCUT2D eigenvalue weighted by Gasteiger charge is -1.95. The van der Waals surface area contributed by atoms with Crippen LogP contribution >= 0.6 is 34.5 Å². The number of aryl methyl sites for hydroxylation is 1. The predicted octanol–water partition coefficient (Wildman–Crippen LogP) is 4.24. The van der Waals surface area contributed by atoms with Crippen LogP contribution in [0.4, 0.5) is 0 Å². The molecule has 0 saturated carbocycles. The number of hydrogen-bond acceptors (Lipinski definition) is 2. The zero-order valence-electron chi connectivity index (χ0n) is 7.91. The number of aromatic nitrogens is 1. The van der Waals surface area contributed by atoms with E-state index in [0.29, 0.717) is 5.88 Å². The first-order valence-corrected chi connectivity index (χ1v) is 6.35. The first kappa shape index (κ1) is 10.9. The highest BCUT2D eigenvalue weighted by Crippen LogP contribution is 2.23. The first-order valence-electron chi connectivity index (χ1n) is 4.56. The molecule has 0 aliphatic heterocycles. The molecule has 15 heavy (non-hydrogen) atoms. The minimum atomic E-state index is 0.619. The standard InChI is InChI=1S/C11H9Cl2NS/c12-6-5-11-14-10(7-15-11)8-1-3-9(13)4-2-8/h1-4,7H,5-6H2. The second-order valence-electron chi connectivity index (χ2n) is 3.07. The van der Waals surface area contributed by atoms with Crippen LogP contribution in [-0.2, 0) is 6.42 Å². The van der Waals surface area contributed by atoms with Crippen LogP contribution in [0.5, 0.6) is 0 Å². The number of thiazole rings is 1. The molecule has 1 heterocycles. The molecule has 0 unspecified atom stereocenters. The Hall–Kier alpha value is -0.570. The largest absolute Gasteiger partial charge is 0.241 e. The van der Waals surface area contributed by atoms with Crippen molar-refractivity contribution in [2.75, 3.05) is 5.88 Å².